The van der Waals surface area contributed by atoms with Crippen LogP contribution in [0.15, 0.2) is 24.3 Å². The summed E-state index contributed by atoms with van der Waals surface area (Å²) in [5.74, 6) is 0.654. The van der Waals surface area contributed by atoms with Crippen molar-refractivity contribution in [3.05, 3.63) is 29.8 Å². The molecule has 1 aliphatic heterocycles. The zero-order valence-electron chi connectivity index (χ0n) is 10.8. The van der Waals surface area contributed by atoms with Crippen molar-refractivity contribution in [2.45, 2.75) is 19.0 Å². The number of thioether (sulfide) groups is 1. The molecule has 1 aromatic rings. The van der Waals surface area contributed by atoms with Gasteiger partial charge in [0.2, 0.25) is 0 Å². The third kappa shape index (κ3) is 2.90. The molecule has 0 radical (unpaired) electrons. The largest absolute Gasteiger partial charge is 0.329 e. The second-order valence-electron chi connectivity index (χ2n) is 4.33. The zero-order valence-corrected chi connectivity index (χ0v) is 11.6. The van der Waals surface area contributed by atoms with Gasteiger partial charge in [0, 0.05) is 6.54 Å². The zero-order chi connectivity index (χ0) is 13.8. The van der Waals surface area contributed by atoms with E-state index in [0.717, 1.165) is 11.3 Å². The molecule has 2 rings (SSSR count). The highest BCUT2D eigenvalue weighted by atomic mass is 32.2. The lowest BCUT2D eigenvalue weighted by Gasteiger charge is -2.13. The Labute approximate surface area is 116 Å². The number of hydrogen-bond acceptors (Lipinski definition) is 4. The van der Waals surface area contributed by atoms with E-state index in [9.17, 15) is 9.59 Å². The number of nitrogens with zero attached hydrogens (tertiary/aromatic N) is 1. The molecule has 1 aromatic carbocycles. The van der Waals surface area contributed by atoms with Crippen LogP contribution in [0.25, 0.3) is 0 Å². The Hall–Kier alpha value is -1.53. The van der Waals surface area contributed by atoms with Gasteiger partial charge in [-0.2, -0.15) is 11.8 Å². The van der Waals surface area contributed by atoms with E-state index in [4.69, 9.17) is 5.73 Å². The van der Waals surface area contributed by atoms with Crippen LogP contribution in [0, 0.1) is 0 Å². The molecular formula is C13H17N3O2S. The Kier molecular flexibility index (Phi) is 4.44. The fraction of sp³-hybridized carbons (Fsp3) is 0.385. The molecule has 6 heteroatoms. The Bertz CT molecular complexity index is 493. The Morgan fingerprint density at radius 3 is 2.89 bits per heavy atom. The van der Waals surface area contributed by atoms with Crippen molar-refractivity contribution in [2.75, 3.05) is 16.9 Å². The molecule has 1 atom stereocenters. The summed E-state index contributed by atoms with van der Waals surface area (Å²) in [5.41, 5.74) is 7.05. The van der Waals surface area contributed by atoms with Crippen molar-refractivity contribution in [2.24, 2.45) is 5.73 Å². The second-order valence-corrected chi connectivity index (χ2v) is 5.32. The highest BCUT2D eigenvalue weighted by Gasteiger charge is 2.38. The molecular weight excluding hydrogens is 262 g/mol. The molecule has 1 fully saturated rings. The summed E-state index contributed by atoms with van der Waals surface area (Å²) in [7, 11) is 0. The maximum atomic E-state index is 12.2. The van der Waals surface area contributed by atoms with Gasteiger partial charge in [-0.3, -0.25) is 4.79 Å². The third-order valence-electron chi connectivity index (χ3n) is 3.03. The highest BCUT2D eigenvalue weighted by Crippen LogP contribution is 2.22. The van der Waals surface area contributed by atoms with Crippen molar-refractivity contribution in [3.63, 3.8) is 0 Å². The summed E-state index contributed by atoms with van der Waals surface area (Å²) in [5, 5.41) is 2.72. The minimum atomic E-state index is -0.415. The molecule has 3 N–H and O–H groups in total. The standard InChI is InChI=1S/C13H17N3O2S/c1-19-6-5-11-12(17)16(13(18)15-11)10-4-2-3-9(7-10)8-14/h2-4,7,11H,5-6,8,14H2,1H3,(H,15,18). The number of imide groups is 1. The number of rotatable bonds is 5. The number of anilines is 1. The monoisotopic (exact) mass is 279 g/mol. The number of carbonyl (C=O) groups excluding carboxylic acids is 2. The van der Waals surface area contributed by atoms with Crippen molar-refractivity contribution in [1.82, 2.24) is 5.32 Å². The summed E-state index contributed by atoms with van der Waals surface area (Å²) in [6, 6.07) is 6.41. The van der Waals surface area contributed by atoms with E-state index in [0.29, 0.717) is 18.7 Å². The van der Waals surface area contributed by atoms with E-state index < -0.39 is 6.04 Å². The molecule has 3 amide bonds. The van der Waals surface area contributed by atoms with Crippen LogP contribution in [0.4, 0.5) is 10.5 Å². The van der Waals surface area contributed by atoms with Gasteiger partial charge in [-0.15, -0.1) is 0 Å². The van der Waals surface area contributed by atoms with Gasteiger partial charge in [-0.25, -0.2) is 9.69 Å². The number of amides is 3. The van der Waals surface area contributed by atoms with Gasteiger partial charge < -0.3 is 11.1 Å². The van der Waals surface area contributed by atoms with E-state index in [2.05, 4.69) is 5.32 Å². The minimum Gasteiger partial charge on any atom is -0.326 e. The number of carbonyl (C=O) groups is 2. The Balaban J connectivity index is 2.19. The van der Waals surface area contributed by atoms with Crippen LogP contribution in [-0.2, 0) is 11.3 Å². The molecule has 19 heavy (non-hydrogen) atoms. The van der Waals surface area contributed by atoms with Gasteiger partial charge in [0.15, 0.2) is 0 Å². The predicted molar refractivity (Wildman–Crippen MR) is 77.1 cm³/mol. The van der Waals surface area contributed by atoms with Crippen molar-refractivity contribution in [3.8, 4) is 0 Å². The topological polar surface area (TPSA) is 75.4 Å². The molecule has 1 unspecified atom stereocenters. The minimum absolute atomic E-state index is 0.187. The van der Waals surface area contributed by atoms with E-state index >= 15 is 0 Å². The fourth-order valence-electron chi connectivity index (χ4n) is 2.03. The number of nitrogens with one attached hydrogen (secondary N) is 1. The first-order chi connectivity index (χ1) is 9.17. The molecule has 1 heterocycles. The van der Waals surface area contributed by atoms with Crippen LogP contribution in [0.2, 0.25) is 0 Å². The molecule has 0 saturated carbocycles. The van der Waals surface area contributed by atoms with E-state index in [-0.39, 0.29) is 11.9 Å². The lowest BCUT2D eigenvalue weighted by molar-refractivity contribution is -0.118. The van der Waals surface area contributed by atoms with Crippen LogP contribution in [0.1, 0.15) is 12.0 Å². The summed E-state index contributed by atoms with van der Waals surface area (Å²) < 4.78 is 0. The molecule has 0 aliphatic carbocycles. The Morgan fingerprint density at radius 1 is 1.42 bits per heavy atom. The molecule has 1 saturated heterocycles. The van der Waals surface area contributed by atoms with Crippen molar-refractivity contribution < 1.29 is 9.59 Å². The number of nitrogens with two attached hydrogens (primary N) is 1. The van der Waals surface area contributed by atoms with Gasteiger partial charge in [0.25, 0.3) is 5.91 Å². The first-order valence-electron chi connectivity index (χ1n) is 6.09. The van der Waals surface area contributed by atoms with Crippen LogP contribution >= 0.6 is 11.8 Å². The van der Waals surface area contributed by atoms with Crippen LogP contribution < -0.4 is 16.0 Å². The van der Waals surface area contributed by atoms with Gasteiger partial charge in [0.1, 0.15) is 6.04 Å². The average molecular weight is 279 g/mol. The smallest absolute Gasteiger partial charge is 0.326 e. The summed E-state index contributed by atoms with van der Waals surface area (Å²) in [4.78, 5) is 25.3. The highest BCUT2D eigenvalue weighted by molar-refractivity contribution is 7.98. The molecule has 0 spiro atoms. The molecule has 0 bridgehead atoms. The van der Waals surface area contributed by atoms with Gasteiger partial charge in [-0.1, -0.05) is 12.1 Å². The van der Waals surface area contributed by atoms with Crippen molar-refractivity contribution in [1.29, 1.82) is 0 Å². The quantitative estimate of drug-likeness (QED) is 0.797. The lowest BCUT2D eigenvalue weighted by Crippen LogP contribution is -2.31. The molecule has 0 aromatic heterocycles. The number of urea groups is 1. The molecule has 5 nitrogen and oxygen atoms in total. The fourth-order valence-corrected chi connectivity index (χ4v) is 2.50. The first kappa shape index (κ1) is 13.9. The second kappa shape index (κ2) is 6.08. The Morgan fingerprint density at radius 2 is 2.21 bits per heavy atom. The average Bonchev–Trinajstić information content (AvgIpc) is 2.71. The van der Waals surface area contributed by atoms with E-state index in [1.807, 2.05) is 12.3 Å². The summed E-state index contributed by atoms with van der Waals surface area (Å²) in [6.07, 6.45) is 2.63. The first-order valence-corrected chi connectivity index (χ1v) is 7.49. The van der Waals surface area contributed by atoms with Crippen molar-refractivity contribution >= 4 is 29.4 Å². The molecule has 102 valence electrons. The molecule has 1 aliphatic rings. The lowest BCUT2D eigenvalue weighted by atomic mass is 10.1. The summed E-state index contributed by atoms with van der Waals surface area (Å²) in [6.45, 7) is 0.382. The van der Waals surface area contributed by atoms with Gasteiger partial charge in [0.05, 0.1) is 5.69 Å². The van der Waals surface area contributed by atoms with Crippen LogP contribution in [0.5, 0.6) is 0 Å². The SMILES string of the molecule is CSCCC1NC(=O)N(c2cccc(CN)c2)C1=O. The predicted octanol–water partition coefficient (Wildman–Crippen LogP) is 1.32. The normalized spacial score (nSPS) is 18.8. The maximum absolute atomic E-state index is 12.2. The maximum Gasteiger partial charge on any atom is 0.329 e. The number of benzene rings is 1. The van der Waals surface area contributed by atoms with E-state index in [1.54, 1.807) is 30.0 Å². The number of hydrogen-bond donors (Lipinski definition) is 2. The van der Waals surface area contributed by atoms with Gasteiger partial charge in [-0.05, 0) is 36.1 Å². The van der Waals surface area contributed by atoms with E-state index in [1.165, 1.54) is 4.90 Å². The van der Waals surface area contributed by atoms with Crippen LogP contribution in [-0.4, -0.2) is 30.0 Å². The summed E-state index contributed by atoms with van der Waals surface area (Å²) >= 11 is 1.66. The van der Waals surface area contributed by atoms with Crippen LogP contribution in [0.3, 0.4) is 0 Å². The van der Waals surface area contributed by atoms with Gasteiger partial charge >= 0.3 is 6.03 Å². The third-order valence-corrected chi connectivity index (χ3v) is 3.68.